The van der Waals surface area contributed by atoms with Gasteiger partial charge in [0, 0.05) is 34.2 Å². The van der Waals surface area contributed by atoms with Gasteiger partial charge in [0.05, 0.1) is 31.0 Å². The number of hydrogen-bond donors (Lipinski definition) is 1. The highest BCUT2D eigenvalue weighted by molar-refractivity contribution is 7.14. The highest BCUT2D eigenvalue weighted by atomic mass is 32.1. The van der Waals surface area contributed by atoms with Crippen molar-refractivity contribution >= 4 is 33.3 Å². The van der Waals surface area contributed by atoms with Crippen LogP contribution < -0.4 is 14.8 Å². The second kappa shape index (κ2) is 8.08. The van der Waals surface area contributed by atoms with Gasteiger partial charge in [-0.2, -0.15) is 0 Å². The molecule has 6 nitrogen and oxygen atoms in total. The molecule has 8 heteroatoms. The number of benzene rings is 2. The maximum atomic E-state index is 13.6. The first-order chi connectivity index (χ1) is 14.5. The van der Waals surface area contributed by atoms with E-state index in [0.29, 0.717) is 44.5 Å². The Hall–Kier alpha value is -3.52. The molecule has 0 unspecified atom stereocenters. The molecule has 2 heterocycles. The van der Waals surface area contributed by atoms with E-state index in [4.69, 9.17) is 9.47 Å². The fourth-order valence-electron chi connectivity index (χ4n) is 3.15. The Morgan fingerprint density at radius 2 is 1.90 bits per heavy atom. The Balaban J connectivity index is 1.64. The van der Waals surface area contributed by atoms with Crippen molar-refractivity contribution in [1.82, 2.24) is 9.97 Å². The minimum absolute atomic E-state index is 0.334. The van der Waals surface area contributed by atoms with E-state index in [-0.39, 0.29) is 5.91 Å². The first kappa shape index (κ1) is 19.8. The summed E-state index contributed by atoms with van der Waals surface area (Å²) in [6, 6.07) is 11.3. The van der Waals surface area contributed by atoms with Gasteiger partial charge in [0.2, 0.25) is 0 Å². The molecule has 0 aliphatic carbocycles. The van der Waals surface area contributed by atoms with Crippen LogP contribution in [0.15, 0.2) is 47.8 Å². The summed E-state index contributed by atoms with van der Waals surface area (Å²) in [6.45, 7) is 1.76. The lowest BCUT2D eigenvalue weighted by atomic mass is 10.1. The number of methoxy groups -OCH3 is 2. The SMILES string of the molecule is COc1ccc(-c2csc(NC(=O)c3cc(C)nc4cc(F)ccc34)n2)c(OC)c1. The minimum atomic E-state index is -0.398. The van der Waals surface area contributed by atoms with Gasteiger partial charge >= 0.3 is 0 Å². The van der Waals surface area contributed by atoms with E-state index in [1.165, 1.54) is 23.5 Å². The Labute approximate surface area is 176 Å². The van der Waals surface area contributed by atoms with E-state index in [2.05, 4.69) is 15.3 Å². The number of rotatable bonds is 5. The van der Waals surface area contributed by atoms with Gasteiger partial charge in [-0.15, -0.1) is 11.3 Å². The minimum Gasteiger partial charge on any atom is -0.497 e. The van der Waals surface area contributed by atoms with Crippen molar-refractivity contribution < 1.29 is 18.7 Å². The Bertz CT molecular complexity index is 1250. The van der Waals surface area contributed by atoms with E-state index in [0.717, 1.165) is 5.56 Å². The summed E-state index contributed by atoms with van der Waals surface area (Å²) >= 11 is 1.30. The first-order valence-corrected chi connectivity index (χ1v) is 9.92. The number of hydrogen-bond acceptors (Lipinski definition) is 6. The highest BCUT2D eigenvalue weighted by Gasteiger charge is 2.16. The lowest BCUT2D eigenvalue weighted by Gasteiger charge is -2.09. The summed E-state index contributed by atoms with van der Waals surface area (Å²) in [5.74, 6) is 0.565. The standard InChI is InChI=1S/C22H18FN3O3S/c1-12-8-17(15-6-4-13(23)9-18(15)24-12)21(27)26-22-25-19(11-30-22)16-7-5-14(28-2)10-20(16)29-3/h4-11H,1-3H3,(H,25,26,27). The molecule has 0 aliphatic heterocycles. The van der Waals surface area contributed by atoms with Crippen molar-refractivity contribution in [3.8, 4) is 22.8 Å². The summed E-state index contributed by atoms with van der Waals surface area (Å²) in [6.07, 6.45) is 0. The number of aromatic nitrogens is 2. The third-order valence-electron chi connectivity index (χ3n) is 4.55. The normalized spacial score (nSPS) is 10.8. The van der Waals surface area contributed by atoms with Crippen molar-refractivity contribution in [1.29, 1.82) is 0 Å². The van der Waals surface area contributed by atoms with Crippen LogP contribution >= 0.6 is 11.3 Å². The number of halogens is 1. The van der Waals surface area contributed by atoms with Crippen LogP contribution in [0.2, 0.25) is 0 Å². The number of thiazole rings is 1. The molecule has 0 radical (unpaired) electrons. The number of pyridine rings is 1. The predicted octanol–water partition coefficient (Wildman–Crippen LogP) is 5.08. The zero-order valence-electron chi connectivity index (χ0n) is 16.5. The number of carbonyl (C=O) groups excluding carboxylic acids is 1. The molecule has 0 bridgehead atoms. The molecule has 152 valence electrons. The number of nitrogens with one attached hydrogen (secondary N) is 1. The predicted molar refractivity (Wildman–Crippen MR) is 115 cm³/mol. The van der Waals surface area contributed by atoms with Crippen molar-refractivity contribution in [2.45, 2.75) is 6.92 Å². The number of amides is 1. The van der Waals surface area contributed by atoms with E-state index < -0.39 is 5.82 Å². The maximum Gasteiger partial charge on any atom is 0.258 e. The molecule has 0 spiro atoms. The third kappa shape index (κ3) is 3.81. The van der Waals surface area contributed by atoms with Crippen LogP contribution in [0.3, 0.4) is 0 Å². The third-order valence-corrected chi connectivity index (χ3v) is 5.31. The molecule has 2 aromatic heterocycles. The van der Waals surface area contributed by atoms with Gasteiger partial charge in [0.15, 0.2) is 5.13 Å². The smallest absolute Gasteiger partial charge is 0.258 e. The molecule has 4 rings (SSSR count). The van der Waals surface area contributed by atoms with Crippen molar-refractivity contribution in [2.24, 2.45) is 0 Å². The number of nitrogens with zero attached hydrogens (tertiary/aromatic N) is 2. The van der Waals surface area contributed by atoms with Gasteiger partial charge in [-0.1, -0.05) is 0 Å². The second-order valence-corrected chi connectivity index (χ2v) is 7.39. The molecular formula is C22H18FN3O3S. The molecular weight excluding hydrogens is 405 g/mol. The fourth-order valence-corrected chi connectivity index (χ4v) is 3.86. The molecule has 2 aromatic carbocycles. The van der Waals surface area contributed by atoms with Gasteiger partial charge in [0.25, 0.3) is 5.91 Å². The van der Waals surface area contributed by atoms with Gasteiger partial charge in [-0.25, -0.2) is 9.37 Å². The first-order valence-electron chi connectivity index (χ1n) is 9.04. The van der Waals surface area contributed by atoms with Gasteiger partial charge in [-0.05, 0) is 37.3 Å². The number of carbonyl (C=O) groups is 1. The largest absolute Gasteiger partial charge is 0.497 e. The van der Waals surface area contributed by atoms with Gasteiger partial charge in [0.1, 0.15) is 17.3 Å². The van der Waals surface area contributed by atoms with Crippen molar-refractivity contribution in [3.63, 3.8) is 0 Å². The second-order valence-electron chi connectivity index (χ2n) is 6.53. The molecule has 0 atom stereocenters. The number of fused-ring (bicyclic) bond motifs is 1. The molecule has 1 amide bonds. The average molecular weight is 423 g/mol. The van der Waals surface area contributed by atoms with Crippen molar-refractivity contribution in [3.05, 3.63) is 64.9 Å². The lowest BCUT2D eigenvalue weighted by molar-refractivity contribution is 0.102. The number of ether oxygens (including phenoxy) is 2. The van der Waals surface area contributed by atoms with Gasteiger partial charge < -0.3 is 9.47 Å². The van der Waals surface area contributed by atoms with E-state index in [9.17, 15) is 9.18 Å². The summed E-state index contributed by atoms with van der Waals surface area (Å²) in [7, 11) is 3.16. The molecule has 0 fully saturated rings. The Kier molecular flexibility index (Phi) is 5.33. The molecule has 0 aliphatic rings. The monoisotopic (exact) mass is 423 g/mol. The van der Waals surface area contributed by atoms with Crippen LogP contribution in [0.4, 0.5) is 9.52 Å². The van der Waals surface area contributed by atoms with Gasteiger partial charge in [-0.3, -0.25) is 15.1 Å². The lowest BCUT2D eigenvalue weighted by Crippen LogP contribution is -2.13. The zero-order chi connectivity index (χ0) is 21.3. The highest BCUT2D eigenvalue weighted by Crippen LogP contribution is 2.35. The quantitative estimate of drug-likeness (QED) is 0.485. The van der Waals surface area contributed by atoms with E-state index in [1.807, 2.05) is 17.5 Å². The fraction of sp³-hybridized carbons (Fsp3) is 0.136. The van der Waals surface area contributed by atoms with Crippen LogP contribution in [-0.2, 0) is 0 Å². The number of anilines is 1. The average Bonchev–Trinajstić information content (AvgIpc) is 3.20. The van der Waals surface area contributed by atoms with Crippen LogP contribution in [-0.4, -0.2) is 30.1 Å². The topological polar surface area (TPSA) is 73.3 Å². The van der Waals surface area contributed by atoms with Crippen LogP contribution in [0.5, 0.6) is 11.5 Å². The van der Waals surface area contributed by atoms with Crippen LogP contribution in [0, 0.1) is 12.7 Å². The molecule has 0 saturated carbocycles. The molecule has 30 heavy (non-hydrogen) atoms. The molecule has 1 N–H and O–H groups in total. The molecule has 0 saturated heterocycles. The summed E-state index contributed by atoms with van der Waals surface area (Å²) in [4.78, 5) is 21.7. The summed E-state index contributed by atoms with van der Waals surface area (Å²) < 4.78 is 24.2. The Morgan fingerprint density at radius 1 is 1.07 bits per heavy atom. The summed E-state index contributed by atoms with van der Waals surface area (Å²) in [5.41, 5.74) is 2.93. The van der Waals surface area contributed by atoms with E-state index >= 15 is 0 Å². The maximum absolute atomic E-state index is 13.6. The van der Waals surface area contributed by atoms with Crippen LogP contribution in [0.25, 0.3) is 22.2 Å². The Morgan fingerprint density at radius 3 is 2.67 bits per heavy atom. The van der Waals surface area contributed by atoms with E-state index in [1.54, 1.807) is 39.3 Å². The van der Waals surface area contributed by atoms with Crippen LogP contribution in [0.1, 0.15) is 16.1 Å². The molecule has 4 aromatic rings. The zero-order valence-corrected chi connectivity index (χ0v) is 17.3. The van der Waals surface area contributed by atoms with Crippen molar-refractivity contribution in [2.75, 3.05) is 19.5 Å². The summed E-state index contributed by atoms with van der Waals surface area (Å²) in [5, 5.41) is 5.68. The number of aryl methyl sites for hydroxylation is 1.